The van der Waals surface area contributed by atoms with E-state index in [4.69, 9.17) is 4.74 Å². The Morgan fingerprint density at radius 1 is 1.19 bits per heavy atom. The number of carbonyl (C=O) groups excluding carboxylic acids is 1. The number of carbonyl (C=O) groups is 1. The van der Waals surface area contributed by atoms with Gasteiger partial charge in [-0.05, 0) is 46.9 Å². The van der Waals surface area contributed by atoms with Gasteiger partial charge in [0.15, 0.2) is 5.69 Å². The van der Waals surface area contributed by atoms with Gasteiger partial charge in [0.1, 0.15) is 5.75 Å². The fourth-order valence-electron chi connectivity index (χ4n) is 1.07. The van der Waals surface area contributed by atoms with Gasteiger partial charge in [-0.1, -0.05) is 0 Å². The monoisotopic (exact) mass is 326 g/mol. The minimum absolute atomic E-state index is 0.195. The van der Waals surface area contributed by atoms with Crippen LogP contribution in [-0.4, -0.2) is 15.9 Å². The second kappa shape index (κ2) is 5.02. The molecule has 2 aromatic rings. The Morgan fingerprint density at radius 2 is 1.94 bits per heavy atom. The summed E-state index contributed by atoms with van der Waals surface area (Å²) in [5, 5.41) is 0. The van der Waals surface area contributed by atoms with Gasteiger partial charge < -0.3 is 4.74 Å². The minimum atomic E-state index is -0.505. The Morgan fingerprint density at radius 3 is 2.56 bits per heavy atom. The normalized spacial score (nSPS) is 9.81. The van der Waals surface area contributed by atoms with Crippen molar-refractivity contribution in [3.8, 4) is 5.75 Å². The fraction of sp³-hybridized carbons (Fsp3) is 0. The maximum absolute atomic E-state index is 11.6. The maximum atomic E-state index is 11.6. The topological polar surface area (TPSA) is 52.1 Å². The lowest BCUT2D eigenvalue weighted by Gasteiger charge is -2.02. The number of nitrogens with zero attached hydrogens (tertiary/aromatic N) is 2. The molecule has 0 aliphatic heterocycles. The Labute approximate surface area is 106 Å². The van der Waals surface area contributed by atoms with Crippen LogP contribution in [0.5, 0.6) is 5.75 Å². The molecule has 0 aliphatic carbocycles. The van der Waals surface area contributed by atoms with Gasteiger partial charge in [0.2, 0.25) is 0 Å². The van der Waals surface area contributed by atoms with Crippen LogP contribution in [0.2, 0.25) is 0 Å². The molecule has 16 heavy (non-hydrogen) atoms. The van der Waals surface area contributed by atoms with E-state index in [0.717, 1.165) is 3.57 Å². The van der Waals surface area contributed by atoms with Crippen LogP contribution in [0, 0.1) is 3.57 Å². The van der Waals surface area contributed by atoms with Crippen LogP contribution in [0.3, 0.4) is 0 Å². The molecule has 0 bridgehead atoms. The van der Waals surface area contributed by atoms with Gasteiger partial charge in [-0.3, -0.25) is 4.98 Å². The highest BCUT2D eigenvalue weighted by Gasteiger charge is 2.09. The van der Waals surface area contributed by atoms with Gasteiger partial charge >= 0.3 is 5.97 Å². The van der Waals surface area contributed by atoms with E-state index >= 15 is 0 Å². The van der Waals surface area contributed by atoms with Crippen molar-refractivity contribution in [3.63, 3.8) is 0 Å². The van der Waals surface area contributed by atoms with Crippen molar-refractivity contribution < 1.29 is 9.53 Å². The van der Waals surface area contributed by atoms with Crippen LogP contribution >= 0.6 is 22.6 Å². The molecule has 4 nitrogen and oxygen atoms in total. The van der Waals surface area contributed by atoms with E-state index in [1.807, 2.05) is 12.1 Å². The highest BCUT2D eigenvalue weighted by Crippen LogP contribution is 2.14. The molecule has 0 unspecified atom stereocenters. The smallest absolute Gasteiger partial charge is 0.363 e. The number of hydrogen-bond acceptors (Lipinski definition) is 4. The molecule has 0 radical (unpaired) electrons. The maximum Gasteiger partial charge on any atom is 0.363 e. The molecule has 0 aliphatic rings. The van der Waals surface area contributed by atoms with Crippen LogP contribution in [0.4, 0.5) is 0 Å². The summed E-state index contributed by atoms with van der Waals surface area (Å²) < 4.78 is 6.19. The van der Waals surface area contributed by atoms with Crippen LogP contribution < -0.4 is 4.74 Å². The lowest BCUT2D eigenvalue weighted by molar-refractivity contribution is 0.0728. The van der Waals surface area contributed by atoms with Gasteiger partial charge in [0.05, 0.1) is 6.20 Å². The quantitative estimate of drug-likeness (QED) is 0.483. The molecule has 1 aromatic carbocycles. The average Bonchev–Trinajstić information content (AvgIpc) is 2.33. The van der Waals surface area contributed by atoms with Crippen LogP contribution in [0.15, 0.2) is 42.9 Å². The minimum Gasteiger partial charge on any atom is -0.422 e. The van der Waals surface area contributed by atoms with E-state index in [-0.39, 0.29) is 5.69 Å². The van der Waals surface area contributed by atoms with Gasteiger partial charge in [0.25, 0.3) is 0 Å². The van der Waals surface area contributed by atoms with Crippen molar-refractivity contribution in [1.29, 1.82) is 0 Å². The second-order valence-electron chi connectivity index (χ2n) is 2.93. The van der Waals surface area contributed by atoms with E-state index in [0.29, 0.717) is 5.75 Å². The first-order chi connectivity index (χ1) is 7.75. The zero-order valence-electron chi connectivity index (χ0n) is 8.13. The van der Waals surface area contributed by atoms with E-state index < -0.39 is 5.97 Å². The van der Waals surface area contributed by atoms with Gasteiger partial charge in [-0.15, -0.1) is 0 Å². The molecule has 80 valence electrons. The predicted octanol–water partition coefficient (Wildman–Crippen LogP) is 2.30. The van der Waals surface area contributed by atoms with E-state index in [2.05, 4.69) is 32.6 Å². The molecule has 0 saturated heterocycles. The molecule has 0 N–H and O–H groups in total. The first-order valence-electron chi connectivity index (χ1n) is 4.49. The first-order valence-corrected chi connectivity index (χ1v) is 5.57. The highest BCUT2D eigenvalue weighted by molar-refractivity contribution is 14.1. The van der Waals surface area contributed by atoms with Gasteiger partial charge in [0, 0.05) is 16.0 Å². The average molecular weight is 326 g/mol. The first kappa shape index (κ1) is 11.0. The number of aromatic nitrogens is 2. The van der Waals surface area contributed by atoms with E-state index in [1.54, 1.807) is 12.1 Å². The standard InChI is InChI=1S/C11H7IN2O2/c12-8-1-3-9(4-2-8)16-11(15)10-7-13-5-6-14-10/h1-7H. The highest BCUT2D eigenvalue weighted by atomic mass is 127. The summed E-state index contributed by atoms with van der Waals surface area (Å²) in [6.45, 7) is 0. The van der Waals surface area contributed by atoms with Crippen LogP contribution in [0.25, 0.3) is 0 Å². The summed E-state index contributed by atoms with van der Waals surface area (Å²) in [7, 11) is 0. The number of rotatable bonds is 2. The molecule has 0 fully saturated rings. The summed E-state index contributed by atoms with van der Waals surface area (Å²) in [5.41, 5.74) is 0.195. The van der Waals surface area contributed by atoms with Crippen LogP contribution in [-0.2, 0) is 0 Å². The summed E-state index contributed by atoms with van der Waals surface area (Å²) >= 11 is 2.18. The molecule has 0 amide bonds. The molecule has 2 rings (SSSR count). The SMILES string of the molecule is O=C(Oc1ccc(I)cc1)c1cnccn1. The van der Waals surface area contributed by atoms with E-state index in [9.17, 15) is 4.79 Å². The molecule has 0 saturated carbocycles. The third kappa shape index (κ3) is 2.75. The zero-order valence-corrected chi connectivity index (χ0v) is 10.3. The van der Waals surface area contributed by atoms with Crippen molar-refractivity contribution in [2.45, 2.75) is 0 Å². The molecular weight excluding hydrogens is 319 g/mol. The third-order valence-corrected chi connectivity index (χ3v) is 2.52. The Balaban J connectivity index is 2.11. The molecule has 0 spiro atoms. The Kier molecular flexibility index (Phi) is 3.45. The fourth-order valence-corrected chi connectivity index (χ4v) is 1.43. The molecule has 1 aromatic heterocycles. The van der Waals surface area contributed by atoms with Crippen molar-refractivity contribution in [2.75, 3.05) is 0 Å². The lowest BCUT2D eigenvalue weighted by Crippen LogP contribution is -2.10. The predicted molar refractivity (Wildman–Crippen MR) is 66.1 cm³/mol. The number of hydrogen-bond donors (Lipinski definition) is 0. The largest absolute Gasteiger partial charge is 0.422 e. The molecular formula is C11H7IN2O2. The van der Waals surface area contributed by atoms with E-state index in [1.165, 1.54) is 18.6 Å². The summed E-state index contributed by atoms with van der Waals surface area (Å²) in [4.78, 5) is 19.2. The number of esters is 1. The molecule has 1 heterocycles. The van der Waals surface area contributed by atoms with Gasteiger partial charge in [-0.25, -0.2) is 9.78 Å². The summed E-state index contributed by atoms with van der Waals surface area (Å²) in [5.74, 6) is -0.00891. The van der Waals surface area contributed by atoms with Crippen molar-refractivity contribution in [2.24, 2.45) is 0 Å². The number of halogens is 1. The molecule has 0 atom stereocenters. The van der Waals surface area contributed by atoms with Crippen molar-refractivity contribution in [1.82, 2.24) is 9.97 Å². The van der Waals surface area contributed by atoms with Crippen molar-refractivity contribution in [3.05, 3.63) is 52.1 Å². The van der Waals surface area contributed by atoms with Crippen molar-refractivity contribution >= 4 is 28.6 Å². The van der Waals surface area contributed by atoms with Gasteiger partial charge in [-0.2, -0.15) is 0 Å². The molecule has 5 heteroatoms. The number of benzene rings is 1. The third-order valence-electron chi connectivity index (χ3n) is 1.80. The number of ether oxygens (including phenoxy) is 1. The summed E-state index contributed by atoms with van der Waals surface area (Å²) in [6, 6.07) is 7.19. The summed E-state index contributed by atoms with van der Waals surface area (Å²) in [6.07, 6.45) is 4.32. The van der Waals surface area contributed by atoms with Crippen LogP contribution in [0.1, 0.15) is 10.5 Å². The Hall–Kier alpha value is -1.50. The Bertz CT molecular complexity index is 485. The second-order valence-corrected chi connectivity index (χ2v) is 4.18. The lowest BCUT2D eigenvalue weighted by atomic mass is 10.3. The zero-order chi connectivity index (χ0) is 11.4.